The average molecular weight is 335 g/mol. The molecule has 23 heavy (non-hydrogen) atoms. The van der Waals surface area contributed by atoms with E-state index in [9.17, 15) is 4.79 Å². The average Bonchev–Trinajstić information content (AvgIpc) is 3.02. The van der Waals surface area contributed by atoms with Crippen molar-refractivity contribution in [1.29, 1.82) is 0 Å². The number of hydrogen-bond acceptors (Lipinski definition) is 6. The van der Waals surface area contributed by atoms with Crippen LogP contribution in [0.3, 0.4) is 0 Å². The van der Waals surface area contributed by atoms with Crippen LogP contribution in [-0.2, 0) is 4.74 Å². The van der Waals surface area contributed by atoms with Gasteiger partial charge in [0.25, 0.3) is 5.91 Å². The predicted molar refractivity (Wildman–Crippen MR) is 83.8 cm³/mol. The molecule has 3 heterocycles. The fraction of sp³-hybridized carbons (Fsp3) is 0.333. The highest BCUT2D eigenvalue weighted by Gasteiger charge is 2.20. The molecule has 1 saturated heterocycles. The second-order valence-electron chi connectivity index (χ2n) is 5.09. The Morgan fingerprint density at radius 1 is 1.48 bits per heavy atom. The highest BCUT2D eigenvalue weighted by Crippen LogP contribution is 2.25. The summed E-state index contributed by atoms with van der Waals surface area (Å²) < 4.78 is 10.9. The van der Waals surface area contributed by atoms with E-state index >= 15 is 0 Å². The largest absolute Gasteiger partial charge is 0.471 e. The van der Waals surface area contributed by atoms with E-state index in [2.05, 4.69) is 20.3 Å². The maximum atomic E-state index is 12.2. The molecule has 2 aromatic rings. The zero-order chi connectivity index (χ0) is 16.2. The quantitative estimate of drug-likeness (QED) is 0.923. The summed E-state index contributed by atoms with van der Waals surface area (Å²) in [6.45, 7) is 3.00. The molecule has 0 saturated carbocycles. The number of amides is 1. The molecule has 0 bridgehead atoms. The van der Waals surface area contributed by atoms with Gasteiger partial charge in [0.1, 0.15) is 11.1 Å². The van der Waals surface area contributed by atoms with Gasteiger partial charge in [-0.25, -0.2) is 15.0 Å². The first-order chi connectivity index (χ1) is 11.1. The van der Waals surface area contributed by atoms with E-state index in [0.29, 0.717) is 24.7 Å². The molecule has 7 nitrogen and oxygen atoms in total. The van der Waals surface area contributed by atoms with Gasteiger partial charge in [-0.3, -0.25) is 10.1 Å². The van der Waals surface area contributed by atoms with Gasteiger partial charge < -0.3 is 9.47 Å². The molecule has 1 fully saturated rings. The summed E-state index contributed by atoms with van der Waals surface area (Å²) >= 11 is 6.14. The van der Waals surface area contributed by atoms with Gasteiger partial charge in [-0.05, 0) is 19.1 Å². The number of carbonyl (C=O) groups is 1. The molecule has 8 heteroatoms. The second-order valence-corrected chi connectivity index (χ2v) is 5.50. The number of halogens is 1. The first-order valence-electron chi connectivity index (χ1n) is 7.13. The number of ether oxygens (including phenoxy) is 2. The Hall–Kier alpha value is -2.25. The smallest absolute Gasteiger partial charge is 0.259 e. The normalized spacial score (nSPS) is 17.0. The molecule has 1 unspecified atom stereocenters. The van der Waals surface area contributed by atoms with Crippen LogP contribution in [0.25, 0.3) is 0 Å². The number of aryl methyl sites for hydroxylation is 1. The Kier molecular flexibility index (Phi) is 4.68. The Morgan fingerprint density at radius 3 is 3.04 bits per heavy atom. The Morgan fingerprint density at radius 2 is 2.35 bits per heavy atom. The van der Waals surface area contributed by atoms with Crippen LogP contribution in [0, 0.1) is 6.92 Å². The minimum atomic E-state index is -0.388. The van der Waals surface area contributed by atoms with E-state index in [0.717, 1.165) is 12.1 Å². The van der Waals surface area contributed by atoms with E-state index in [1.54, 1.807) is 12.3 Å². The van der Waals surface area contributed by atoms with Crippen molar-refractivity contribution in [3.63, 3.8) is 0 Å². The molecule has 0 aliphatic carbocycles. The van der Waals surface area contributed by atoms with Crippen molar-refractivity contribution in [1.82, 2.24) is 15.0 Å². The van der Waals surface area contributed by atoms with Crippen molar-refractivity contribution in [2.45, 2.75) is 19.4 Å². The number of rotatable bonds is 4. The molecule has 1 N–H and O–H groups in total. The lowest BCUT2D eigenvalue weighted by Crippen LogP contribution is -2.18. The third-order valence-corrected chi connectivity index (χ3v) is 3.53. The molecule has 3 rings (SSSR count). The maximum Gasteiger partial charge on any atom is 0.259 e. The molecular formula is C15H15ClN4O3. The van der Waals surface area contributed by atoms with Crippen LogP contribution in [0.1, 0.15) is 22.5 Å². The third kappa shape index (κ3) is 3.94. The fourth-order valence-corrected chi connectivity index (χ4v) is 2.29. The van der Waals surface area contributed by atoms with Gasteiger partial charge in [0.05, 0.1) is 18.8 Å². The number of nitrogens with zero attached hydrogens (tertiary/aromatic N) is 3. The third-order valence-electron chi connectivity index (χ3n) is 3.26. The van der Waals surface area contributed by atoms with Crippen molar-refractivity contribution < 1.29 is 14.3 Å². The summed E-state index contributed by atoms with van der Waals surface area (Å²) in [6, 6.07) is 3.25. The first kappa shape index (κ1) is 15.6. The Labute approximate surface area is 138 Å². The summed E-state index contributed by atoms with van der Waals surface area (Å²) in [4.78, 5) is 24.4. The molecular weight excluding hydrogens is 320 g/mol. The van der Waals surface area contributed by atoms with Crippen LogP contribution in [0.15, 0.2) is 24.5 Å². The summed E-state index contributed by atoms with van der Waals surface area (Å²) in [5, 5.41) is 2.87. The van der Waals surface area contributed by atoms with Crippen molar-refractivity contribution >= 4 is 23.5 Å². The van der Waals surface area contributed by atoms with Gasteiger partial charge in [-0.2, -0.15) is 0 Å². The molecule has 2 aromatic heterocycles. The summed E-state index contributed by atoms with van der Waals surface area (Å²) in [6.07, 6.45) is 3.72. The molecule has 1 atom stereocenters. The van der Waals surface area contributed by atoms with Crippen LogP contribution in [0.4, 0.5) is 5.95 Å². The van der Waals surface area contributed by atoms with E-state index in [4.69, 9.17) is 21.1 Å². The van der Waals surface area contributed by atoms with E-state index < -0.39 is 0 Å². The van der Waals surface area contributed by atoms with E-state index in [1.165, 1.54) is 12.3 Å². The van der Waals surface area contributed by atoms with E-state index in [-0.39, 0.29) is 23.0 Å². The molecule has 0 radical (unpaired) electrons. The number of pyridine rings is 1. The fourth-order valence-electron chi connectivity index (χ4n) is 2.08. The Balaban J connectivity index is 1.70. The second kappa shape index (κ2) is 6.89. The van der Waals surface area contributed by atoms with Gasteiger partial charge >= 0.3 is 0 Å². The van der Waals surface area contributed by atoms with Crippen molar-refractivity contribution in [2.24, 2.45) is 0 Å². The number of aromatic nitrogens is 3. The topological polar surface area (TPSA) is 86.2 Å². The summed E-state index contributed by atoms with van der Waals surface area (Å²) in [7, 11) is 0. The van der Waals surface area contributed by atoms with Crippen LogP contribution >= 0.6 is 11.6 Å². The zero-order valence-electron chi connectivity index (χ0n) is 12.5. The minimum absolute atomic E-state index is 0.0552. The van der Waals surface area contributed by atoms with Gasteiger partial charge in [0.2, 0.25) is 11.8 Å². The summed E-state index contributed by atoms with van der Waals surface area (Å²) in [5.74, 6) is 0.140. The van der Waals surface area contributed by atoms with Gasteiger partial charge in [0.15, 0.2) is 0 Å². The number of nitrogens with one attached hydrogen (secondary N) is 1. The molecule has 1 aliphatic heterocycles. The van der Waals surface area contributed by atoms with Crippen LogP contribution in [0.5, 0.6) is 5.88 Å². The molecule has 120 valence electrons. The Bertz CT molecular complexity index is 720. The predicted octanol–water partition coefficient (Wildman–Crippen LogP) is 2.25. The SMILES string of the molecule is Cc1ccnc(NC(=O)c2cnc(OC3CCOC3)c(Cl)c2)n1. The highest BCUT2D eigenvalue weighted by atomic mass is 35.5. The lowest BCUT2D eigenvalue weighted by atomic mass is 10.2. The van der Waals surface area contributed by atoms with Crippen LogP contribution in [0.2, 0.25) is 5.02 Å². The molecule has 0 aromatic carbocycles. The highest BCUT2D eigenvalue weighted by molar-refractivity contribution is 6.32. The van der Waals surface area contributed by atoms with Gasteiger partial charge in [0, 0.05) is 24.5 Å². The van der Waals surface area contributed by atoms with Gasteiger partial charge in [-0.1, -0.05) is 11.6 Å². The molecule has 1 amide bonds. The molecule has 0 spiro atoms. The zero-order valence-corrected chi connectivity index (χ0v) is 13.2. The monoisotopic (exact) mass is 334 g/mol. The van der Waals surface area contributed by atoms with Crippen LogP contribution in [-0.4, -0.2) is 40.2 Å². The van der Waals surface area contributed by atoms with E-state index in [1.807, 2.05) is 6.92 Å². The first-order valence-corrected chi connectivity index (χ1v) is 7.50. The lowest BCUT2D eigenvalue weighted by Gasteiger charge is -2.12. The molecule has 1 aliphatic rings. The number of carbonyl (C=O) groups excluding carboxylic acids is 1. The number of hydrogen-bond donors (Lipinski definition) is 1. The summed E-state index contributed by atoms with van der Waals surface area (Å²) in [5.41, 5.74) is 1.06. The van der Waals surface area contributed by atoms with Gasteiger partial charge in [-0.15, -0.1) is 0 Å². The minimum Gasteiger partial charge on any atom is -0.471 e. The van der Waals surface area contributed by atoms with Crippen molar-refractivity contribution in [3.8, 4) is 5.88 Å². The van der Waals surface area contributed by atoms with Crippen LogP contribution < -0.4 is 10.1 Å². The lowest BCUT2D eigenvalue weighted by molar-refractivity contribution is 0.102. The number of anilines is 1. The maximum absolute atomic E-state index is 12.2. The van der Waals surface area contributed by atoms with Crippen molar-refractivity contribution in [2.75, 3.05) is 18.5 Å². The standard InChI is InChI=1S/C15H15ClN4O3/c1-9-2-4-17-15(19-9)20-13(21)10-6-12(16)14(18-7-10)23-11-3-5-22-8-11/h2,4,6-7,11H,3,5,8H2,1H3,(H,17,19,20,21). The van der Waals surface area contributed by atoms with Crippen molar-refractivity contribution in [3.05, 3.63) is 40.8 Å².